The smallest absolute Gasteiger partial charge is 0.292 e. The molecule has 7 nitrogen and oxygen atoms in total. The highest BCUT2D eigenvalue weighted by atomic mass is 35.5. The van der Waals surface area contributed by atoms with E-state index in [0.29, 0.717) is 16.6 Å². The summed E-state index contributed by atoms with van der Waals surface area (Å²) < 4.78 is 1.16. The van der Waals surface area contributed by atoms with Crippen molar-refractivity contribution >= 4 is 34.7 Å². The minimum Gasteiger partial charge on any atom is -0.364 e. The summed E-state index contributed by atoms with van der Waals surface area (Å²) in [6, 6.07) is 5.86. The zero-order valence-electron chi connectivity index (χ0n) is 13.8. The van der Waals surface area contributed by atoms with E-state index in [2.05, 4.69) is 23.8 Å². The Balaban J connectivity index is 1.98. The number of nitro groups is 1. The number of hydrogen-bond acceptors (Lipinski definition) is 6. The molecule has 0 saturated carbocycles. The van der Waals surface area contributed by atoms with E-state index in [-0.39, 0.29) is 16.8 Å². The van der Waals surface area contributed by atoms with Crippen molar-refractivity contribution in [3.05, 3.63) is 56.0 Å². The number of thioether (sulfide) groups is 1. The quantitative estimate of drug-likeness (QED) is 0.601. The van der Waals surface area contributed by atoms with Crippen molar-refractivity contribution in [3.8, 4) is 5.69 Å². The molecule has 0 amide bonds. The Morgan fingerprint density at radius 2 is 2.00 bits per heavy atom. The van der Waals surface area contributed by atoms with Crippen molar-refractivity contribution in [2.75, 3.05) is 17.2 Å². The first-order valence-electron chi connectivity index (χ1n) is 7.81. The van der Waals surface area contributed by atoms with E-state index in [1.165, 1.54) is 24.3 Å². The molecule has 25 heavy (non-hydrogen) atoms. The van der Waals surface area contributed by atoms with Crippen LogP contribution in [0.25, 0.3) is 5.69 Å². The van der Waals surface area contributed by atoms with Gasteiger partial charge in [-0.15, -0.1) is 0 Å². The molecular formula is C16H17ClN4O3S. The molecule has 0 bridgehead atoms. The van der Waals surface area contributed by atoms with Gasteiger partial charge in [0.2, 0.25) is 0 Å². The molecule has 9 heteroatoms. The van der Waals surface area contributed by atoms with Crippen molar-refractivity contribution in [1.82, 2.24) is 9.78 Å². The first-order valence-corrected chi connectivity index (χ1v) is 9.23. The molecule has 1 aromatic carbocycles. The number of nitrogens with zero attached hydrogens (tertiary/aromatic N) is 4. The molecule has 2 unspecified atom stereocenters. The van der Waals surface area contributed by atoms with Crippen molar-refractivity contribution in [1.29, 1.82) is 0 Å². The minimum absolute atomic E-state index is 0.0480. The monoisotopic (exact) mass is 380 g/mol. The van der Waals surface area contributed by atoms with Gasteiger partial charge in [-0.1, -0.05) is 18.5 Å². The van der Waals surface area contributed by atoms with E-state index in [1.807, 2.05) is 11.8 Å². The van der Waals surface area contributed by atoms with Crippen LogP contribution < -0.4 is 10.5 Å². The molecule has 1 aromatic heterocycles. The van der Waals surface area contributed by atoms with Crippen molar-refractivity contribution < 1.29 is 4.92 Å². The molecule has 0 radical (unpaired) electrons. The first-order chi connectivity index (χ1) is 11.9. The zero-order valence-corrected chi connectivity index (χ0v) is 15.3. The largest absolute Gasteiger partial charge is 0.364 e. The van der Waals surface area contributed by atoms with E-state index in [4.69, 9.17) is 11.6 Å². The Labute approximate surface area is 153 Å². The lowest BCUT2D eigenvalue weighted by Crippen LogP contribution is -2.45. The highest BCUT2D eigenvalue weighted by Crippen LogP contribution is 2.31. The van der Waals surface area contributed by atoms with E-state index >= 15 is 0 Å². The van der Waals surface area contributed by atoms with E-state index in [9.17, 15) is 14.9 Å². The Kier molecular flexibility index (Phi) is 5.01. The van der Waals surface area contributed by atoms with Crippen LogP contribution in [0.4, 0.5) is 11.4 Å². The lowest BCUT2D eigenvalue weighted by atomic mass is 10.2. The minimum atomic E-state index is -0.493. The van der Waals surface area contributed by atoms with Crippen LogP contribution in [0.5, 0.6) is 0 Å². The molecular weight excluding hydrogens is 364 g/mol. The molecule has 0 aliphatic carbocycles. The third kappa shape index (κ3) is 3.36. The van der Waals surface area contributed by atoms with Gasteiger partial charge in [0, 0.05) is 35.7 Å². The summed E-state index contributed by atoms with van der Waals surface area (Å²) in [6.07, 6.45) is 1.59. The van der Waals surface area contributed by atoms with Gasteiger partial charge in [0.25, 0.3) is 11.2 Å². The molecule has 1 aliphatic heterocycles. The fourth-order valence-electron chi connectivity index (χ4n) is 2.80. The fourth-order valence-corrected chi connectivity index (χ4v) is 4.13. The summed E-state index contributed by atoms with van der Waals surface area (Å²) in [6.45, 7) is 5.06. The van der Waals surface area contributed by atoms with Crippen LogP contribution in [-0.2, 0) is 0 Å². The number of aromatic nitrogens is 2. The molecule has 2 aromatic rings. The second-order valence-corrected chi connectivity index (χ2v) is 7.71. The van der Waals surface area contributed by atoms with Crippen molar-refractivity contribution in [2.24, 2.45) is 0 Å². The zero-order chi connectivity index (χ0) is 18.1. The second-order valence-electron chi connectivity index (χ2n) is 5.84. The summed E-state index contributed by atoms with van der Waals surface area (Å²) in [5.74, 6) is 0.966. The lowest BCUT2D eigenvalue weighted by Gasteiger charge is -2.39. The third-order valence-electron chi connectivity index (χ3n) is 4.40. The van der Waals surface area contributed by atoms with Gasteiger partial charge in [0.05, 0.1) is 22.5 Å². The van der Waals surface area contributed by atoms with Gasteiger partial charge in [0.15, 0.2) is 0 Å². The third-order valence-corrected chi connectivity index (χ3v) is 6.09. The van der Waals surface area contributed by atoms with Gasteiger partial charge < -0.3 is 4.90 Å². The first kappa shape index (κ1) is 17.8. The number of nitro benzene ring substituents is 1. The highest BCUT2D eigenvalue weighted by molar-refractivity contribution is 8.00. The Hall–Kier alpha value is -2.06. The summed E-state index contributed by atoms with van der Waals surface area (Å²) in [4.78, 5) is 25.0. The number of halogens is 1. The lowest BCUT2D eigenvalue weighted by molar-refractivity contribution is -0.384. The summed E-state index contributed by atoms with van der Waals surface area (Å²) in [5.41, 5.74) is 0.573. The summed E-state index contributed by atoms with van der Waals surface area (Å²) >= 11 is 8.24. The Morgan fingerprint density at radius 1 is 1.32 bits per heavy atom. The Bertz CT molecular complexity index is 855. The van der Waals surface area contributed by atoms with E-state index in [0.717, 1.165) is 17.0 Å². The van der Waals surface area contributed by atoms with Gasteiger partial charge in [-0.2, -0.15) is 21.5 Å². The van der Waals surface area contributed by atoms with Gasteiger partial charge in [-0.3, -0.25) is 14.9 Å². The highest BCUT2D eigenvalue weighted by Gasteiger charge is 2.28. The molecule has 1 fully saturated rings. The molecule has 0 spiro atoms. The predicted octanol–water partition coefficient (Wildman–Crippen LogP) is 3.12. The van der Waals surface area contributed by atoms with Gasteiger partial charge in [0.1, 0.15) is 5.02 Å². The second kappa shape index (κ2) is 7.05. The number of benzene rings is 1. The SMILES string of the molecule is CC1SCCN(c2cnn(-c3ccc([N+](=O)[O-])cc3)c(=O)c2Cl)C1C. The normalized spacial score (nSPS) is 20.5. The number of rotatable bonds is 3. The van der Waals surface area contributed by atoms with Gasteiger partial charge >= 0.3 is 0 Å². The summed E-state index contributed by atoms with van der Waals surface area (Å²) in [5, 5.41) is 15.5. The molecule has 3 rings (SSSR count). The maximum atomic E-state index is 12.6. The van der Waals surface area contributed by atoms with Gasteiger partial charge in [-0.05, 0) is 19.1 Å². The van der Waals surface area contributed by atoms with Crippen molar-refractivity contribution in [3.63, 3.8) is 0 Å². The van der Waals surface area contributed by atoms with E-state index in [1.54, 1.807) is 6.20 Å². The number of non-ortho nitro benzene ring substituents is 1. The topological polar surface area (TPSA) is 81.3 Å². The van der Waals surface area contributed by atoms with Gasteiger partial charge in [-0.25, -0.2) is 0 Å². The average molecular weight is 381 g/mol. The predicted molar refractivity (Wildman–Crippen MR) is 100 cm³/mol. The molecule has 2 heterocycles. The number of anilines is 1. The molecule has 132 valence electrons. The fraction of sp³-hybridized carbons (Fsp3) is 0.375. The van der Waals surface area contributed by atoms with Crippen LogP contribution in [0.15, 0.2) is 35.3 Å². The maximum absolute atomic E-state index is 12.6. The Morgan fingerprint density at radius 3 is 2.64 bits per heavy atom. The maximum Gasteiger partial charge on any atom is 0.292 e. The van der Waals surface area contributed by atoms with Crippen LogP contribution in [0.1, 0.15) is 13.8 Å². The van der Waals surface area contributed by atoms with Crippen LogP contribution in [0, 0.1) is 10.1 Å². The number of hydrogen-bond donors (Lipinski definition) is 0. The van der Waals surface area contributed by atoms with Crippen LogP contribution >= 0.6 is 23.4 Å². The molecule has 0 N–H and O–H groups in total. The van der Waals surface area contributed by atoms with Crippen LogP contribution in [0.3, 0.4) is 0 Å². The van der Waals surface area contributed by atoms with Crippen molar-refractivity contribution in [2.45, 2.75) is 25.1 Å². The van der Waals surface area contributed by atoms with Crippen LogP contribution in [0.2, 0.25) is 5.02 Å². The average Bonchev–Trinajstić information content (AvgIpc) is 2.60. The van der Waals surface area contributed by atoms with E-state index < -0.39 is 10.5 Å². The standard InChI is InChI=1S/C16H17ClN4O3S/c1-10-11(2)25-8-7-19(10)14-9-18-20(16(22)15(14)17)12-3-5-13(6-4-12)21(23)24/h3-6,9-11H,7-8H2,1-2H3. The molecule has 2 atom stereocenters. The molecule has 1 saturated heterocycles. The van der Waals surface area contributed by atoms with Crippen LogP contribution in [-0.4, -0.2) is 38.3 Å². The summed E-state index contributed by atoms with van der Waals surface area (Å²) in [7, 11) is 0. The molecule has 1 aliphatic rings.